The third kappa shape index (κ3) is 4.15. The minimum Gasteiger partial charge on any atom is -0.352 e. The van der Waals surface area contributed by atoms with Crippen molar-refractivity contribution in [1.29, 1.82) is 0 Å². The lowest BCUT2D eigenvalue weighted by Gasteiger charge is -2.10. The molecular formula is C21H26N2O2S. The molecule has 1 aliphatic carbocycles. The van der Waals surface area contributed by atoms with Gasteiger partial charge < -0.3 is 10.6 Å². The predicted molar refractivity (Wildman–Crippen MR) is 107 cm³/mol. The average Bonchev–Trinajstić information content (AvgIpc) is 2.81. The number of hydrogen-bond donors (Lipinski definition) is 2. The lowest BCUT2D eigenvalue weighted by Crippen LogP contribution is -2.26. The Kier molecular flexibility index (Phi) is 6.09. The summed E-state index contributed by atoms with van der Waals surface area (Å²) in [6.45, 7) is 4.68. The van der Waals surface area contributed by atoms with Crippen LogP contribution in [0.3, 0.4) is 0 Å². The number of rotatable bonds is 5. The van der Waals surface area contributed by atoms with Crippen LogP contribution in [0.25, 0.3) is 0 Å². The molecule has 1 aliphatic rings. The van der Waals surface area contributed by atoms with Crippen LogP contribution in [0.1, 0.15) is 69.3 Å². The first-order valence-corrected chi connectivity index (χ1v) is 10.2. The zero-order valence-corrected chi connectivity index (χ0v) is 16.3. The zero-order chi connectivity index (χ0) is 18.5. The predicted octanol–water partition coefficient (Wildman–Crippen LogP) is 4.72. The van der Waals surface area contributed by atoms with Gasteiger partial charge in [0.15, 0.2) is 0 Å². The van der Waals surface area contributed by atoms with Gasteiger partial charge in [-0.05, 0) is 56.7 Å². The van der Waals surface area contributed by atoms with E-state index < -0.39 is 0 Å². The molecule has 0 aliphatic heterocycles. The third-order valence-corrected chi connectivity index (χ3v) is 5.93. The van der Waals surface area contributed by atoms with Crippen molar-refractivity contribution in [3.05, 3.63) is 51.4 Å². The van der Waals surface area contributed by atoms with Crippen LogP contribution in [0.4, 0.5) is 5.00 Å². The number of anilines is 1. The van der Waals surface area contributed by atoms with Gasteiger partial charge in [0, 0.05) is 17.0 Å². The molecule has 0 radical (unpaired) electrons. The van der Waals surface area contributed by atoms with Crippen molar-refractivity contribution in [2.75, 3.05) is 11.9 Å². The number of benzene rings is 1. The van der Waals surface area contributed by atoms with Crippen molar-refractivity contribution in [2.45, 2.75) is 52.4 Å². The van der Waals surface area contributed by atoms with Crippen LogP contribution < -0.4 is 10.6 Å². The van der Waals surface area contributed by atoms with E-state index in [0.29, 0.717) is 22.7 Å². The normalized spacial score (nSPS) is 13.6. The number of fused-ring (bicyclic) bond motifs is 1. The quantitative estimate of drug-likeness (QED) is 0.748. The first kappa shape index (κ1) is 18.6. The van der Waals surface area contributed by atoms with Gasteiger partial charge in [0.25, 0.3) is 11.8 Å². The highest BCUT2D eigenvalue weighted by atomic mass is 32.1. The van der Waals surface area contributed by atoms with Gasteiger partial charge in [0.2, 0.25) is 0 Å². The van der Waals surface area contributed by atoms with E-state index in [1.165, 1.54) is 11.3 Å². The van der Waals surface area contributed by atoms with E-state index in [1.54, 1.807) is 11.3 Å². The summed E-state index contributed by atoms with van der Waals surface area (Å²) >= 11 is 1.57. The number of carbonyl (C=O) groups is 2. The Morgan fingerprint density at radius 1 is 1.04 bits per heavy atom. The molecule has 2 amide bonds. The van der Waals surface area contributed by atoms with E-state index in [9.17, 15) is 9.59 Å². The second kappa shape index (κ2) is 8.49. The molecule has 1 heterocycles. The molecule has 2 N–H and O–H groups in total. The Labute approximate surface area is 159 Å². The molecule has 0 spiro atoms. The van der Waals surface area contributed by atoms with Crippen molar-refractivity contribution in [2.24, 2.45) is 0 Å². The van der Waals surface area contributed by atoms with E-state index in [0.717, 1.165) is 43.2 Å². The van der Waals surface area contributed by atoms with Crippen molar-refractivity contribution in [3.63, 3.8) is 0 Å². The van der Waals surface area contributed by atoms with Crippen molar-refractivity contribution in [3.8, 4) is 0 Å². The van der Waals surface area contributed by atoms with E-state index in [4.69, 9.17) is 0 Å². The summed E-state index contributed by atoms with van der Waals surface area (Å²) in [5.41, 5.74) is 3.55. The van der Waals surface area contributed by atoms with Gasteiger partial charge in [-0.25, -0.2) is 0 Å². The van der Waals surface area contributed by atoms with Crippen molar-refractivity contribution >= 4 is 28.2 Å². The van der Waals surface area contributed by atoms with E-state index >= 15 is 0 Å². The van der Waals surface area contributed by atoms with Gasteiger partial charge in [-0.2, -0.15) is 0 Å². The number of carbonyl (C=O) groups excluding carboxylic acids is 2. The summed E-state index contributed by atoms with van der Waals surface area (Å²) in [7, 11) is 0. The fourth-order valence-corrected chi connectivity index (χ4v) is 4.56. The Bertz CT molecular complexity index is 793. The van der Waals surface area contributed by atoms with Gasteiger partial charge in [-0.1, -0.05) is 31.0 Å². The van der Waals surface area contributed by atoms with Crippen LogP contribution in [0.2, 0.25) is 0 Å². The van der Waals surface area contributed by atoms with Gasteiger partial charge in [-0.3, -0.25) is 9.59 Å². The molecule has 0 saturated carbocycles. The Morgan fingerprint density at radius 3 is 2.50 bits per heavy atom. The summed E-state index contributed by atoms with van der Waals surface area (Å²) in [4.78, 5) is 26.7. The van der Waals surface area contributed by atoms with Crippen LogP contribution in [0.15, 0.2) is 24.3 Å². The molecule has 26 heavy (non-hydrogen) atoms. The number of hydrogen-bond acceptors (Lipinski definition) is 3. The fraction of sp³-hybridized carbons (Fsp3) is 0.429. The molecule has 2 aromatic rings. The van der Waals surface area contributed by atoms with E-state index in [2.05, 4.69) is 10.6 Å². The number of nitrogens with one attached hydrogen (secondary N) is 2. The van der Waals surface area contributed by atoms with Gasteiger partial charge in [-0.15, -0.1) is 11.3 Å². The van der Waals surface area contributed by atoms with Crippen LogP contribution in [0.5, 0.6) is 0 Å². The topological polar surface area (TPSA) is 58.2 Å². The smallest absolute Gasteiger partial charge is 0.256 e. The largest absolute Gasteiger partial charge is 0.352 e. The number of aryl methyl sites for hydroxylation is 2. The molecule has 138 valence electrons. The minimum absolute atomic E-state index is 0.0644. The fourth-order valence-electron chi connectivity index (χ4n) is 3.28. The van der Waals surface area contributed by atoms with Crippen molar-refractivity contribution in [1.82, 2.24) is 5.32 Å². The van der Waals surface area contributed by atoms with Crippen LogP contribution in [-0.4, -0.2) is 18.4 Å². The van der Waals surface area contributed by atoms with Crippen LogP contribution >= 0.6 is 11.3 Å². The molecule has 1 aromatic heterocycles. The summed E-state index contributed by atoms with van der Waals surface area (Å²) in [6, 6.07) is 7.49. The van der Waals surface area contributed by atoms with Gasteiger partial charge >= 0.3 is 0 Å². The highest BCUT2D eigenvalue weighted by molar-refractivity contribution is 7.17. The zero-order valence-electron chi connectivity index (χ0n) is 15.5. The van der Waals surface area contributed by atoms with E-state index in [-0.39, 0.29) is 11.8 Å². The summed E-state index contributed by atoms with van der Waals surface area (Å²) in [6.07, 6.45) is 6.25. The molecular weight excluding hydrogens is 344 g/mol. The third-order valence-electron chi connectivity index (χ3n) is 4.72. The maximum atomic E-state index is 12.8. The van der Waals surface area contributed by atoms with Crippen LogP contribution in [-0.2, 0) is 12.8 Å². The first-order valence-electron chi connectivity index (χ1n) is 9.41. The molecule has 0 bridgehead atoms. The minimum atomic E-state index is -0.161. The maximum Gasteiger partial charge on any atom is 0.256 e. The molecule has 4 nitrogen and oxygen atoms in total. The number of thiophene rings is 1. The molecule has 0 unspecified atom stereocenters. The Hall–Kier alpha value is -2.14. The number of amides is 2. The van der Waals surface area contributed by atoms with Gasteiger partial charge in [0.1, 0.15) is 5.00 Å². The Morgan fingerprint density at radius 2 is 1.77 bits per heavy atom. The molecule has 0 fully saturated rings. The summed E-state index contributed by atoms with van der Waals surface area (Å²) in [5.74, 6) is -0.226. The SMILES string of the molecule is CCCNC(=O)c1c(NC(=O)c2ccc(C)cc2)sc2c1CCCCC2. The lowest BCUT2D eigenvalue weighted by molar-refractivity contribution is 0.0954. The Balaban J connectivity index is 1.91. The van der Waals surface area contributed by atoms with Crippen LogP contribution in [0, 0.1) is 6.92 Å². The molecule has 1 aromatic carbocycles. The van der Waals surface area contributed by atoms with Gasteiger partial charge in [0.05, 0.1) is 5.56 Å². The molecule has 5 heteroatoms. The van der Waals surface area contributed by atoms with E-state index in [1.807, 2.05) is 38.1 Å². The standard InChI is InChI=1S/C21H26N2O2S/c1-3-13-22-20(25)18-16-7-5-4-6-8-17(16)26-21(18)23-19(24)15-11-9-14(2)10-12-15/h9-12H,3-8,13H2,1-2H3,(H,22,25)(H,23,24). The second-order valence-electron chi connectivity index (χ2n) is 6.84. The summed E-state index contributed by atoms with van der Waals surface area (Å²) in [5, 5.41) is 6.67. The highest BCUT2D eigenvalue weighted by Gasteiger charge is 2.25. The molecule has 0 saturated heterocycles. The molecule has 3 rings (SSSR count). The second-order valence-corrected chi connectivity index (χ2v) is 7.95. The van der Waals surface area contributed by atoms with Crippen molar-refractivity contribution < 1.29 is 9.59 Å². The summed E-state index contributed by atoms with van der Waals surface area (Å²) < 4.78 is 0. The maximum absolute atomic E-state index is 12.8. The average molecular weight is 371 g/mol. The first-order chi connectivity index (χ1) is 12.6. The monoisotopic (exact) mass is 370 g/mol. The molecule has 0 atom stereocenters. The highest BCUT2D eigenvalue weighted by Crippen LogP contribution is 2.37. The lowest BCUT2D eigenvalue weighted by atomic mass is 10.0.